The fraction of sp³-hybridized carbons (Fsp3) is 0.389. The maximum Gasteiger partial charge on any atom is 0.229 e. The van der Waals surface area contributed by atoms with E-state index in [0.717, 1.165) is 46.3 Å². The maximum atomic E-state index is 13.8. The smallest absolute Gasteiger partial charge is 0.229 e. The minimum atomic E-state index is -0.284. The molecule has 8 heteroatoms. The SMILES string of the molecule is Cc1nc(NC(=O)C2CCN(c3nc4c(F)cccc4s3)CC2)sc1C. The molecule has 5 nitrogen and oxygen atoms in total. The van der Waals surface area contributed by atoms with Crippen molar-refractivity contribution in [3.63, 3.8) is 0 Å². The zero-order valence-electron chi connectivity index (χ0n) is 14.6. The van der Waals surface area contributed by atoms with Crippen molar-refractivity contribution in [3.05, 3.63) is 34.6 Å². The maximum absolute atomic E-state index is 13.8. The van der Waals surface area contributed by atoms with Gasteiger partial charge in [0, 0.05) is 23.9 Å². The molecule has 26 heavy (non-hydrogen) atoms. The number of carbonyl (C=O) groups is 1. The standard InChI is InChI=1S/C18H19FN4OS2/c1-10-11(2)25-17(20-10)22-16(24)12-6-8-23(9-7-12)18-21-15-13(19)4-3-5-14(15)26-18/h3-5,12H,6-9H2,1-2H3,(H,20,22,24). The topological polar surface area (TPSA) is 58.1 Å². The number of aromatic nitrogens is 2. The van der Waals surface area contributed by atoms with Crippen LogP contribution in [0.3, 0.4) is 0 Å². The number of para-hydroxylation sites is 1. The summed E-state index contributed by atoms with van der Waals surface area (Å²) in [6.07, 6.45) is 1.52. The van der Waals surface area contributed by atoms with Gasteiger partial charge < -0.3 is 10.2 Å². The van der Waals surface area contributed by atoms with Gasteiger partial charge >= 0.3 is 0 Å². The molecule has 0 atom stereocenters. The molecule has 0 bridgehead atoms. The van der Waals surface area contributed by atoms with Crippen LogP contribution in [0.5, 0.6) is 0 Å². The average molecular weight is 391 g/mol. The normalized spacial score (nSPS) is 15.6. The molecule has 4 rings (SSSR count). The summed E-state index contributed by atoms with van der Waals surface area (Å²) in [6.45, 7) is 5.44. The van der Waals surface area contributed by atoms with Crippen molar-refractivity contribution < 1.29 is 9.18 Å². The van der Waals surface area contributed by atoms with Crippen molar-refractivity contribution in [1.29, 1.82) is 0 Å². The Kier molecular flexibility index (Phi) is 4.62. The third-order valence-corrected chi connectivity index (χ3v) is 6.82. The average Bonchev–Trinajstić information content (AvgIpc) is 3.19. The molecule has 0 unspecified atom stereocenters. The summed E-state index contributed by atoms with van der Waals surface area (Å²) in [4.78, 5) is 24.6. The number of thiazole rings is 2. The first-order valence-electron chi connectivity index (χ1n) is 8.56. The van der Waals surface area contributed by atoms with E-state index in [-0.39, 0.29) is 17.6 Å². The Balaban J connectivity index is 1.40. The lowest BCUT2D eigenvalue weighted by Gasteiger charge is -2.30. The molecule has 0 radical (unpaired) electrons. The Hall–Kier alpha value is -2.06. The van der Waals surface area contributed by atoms with E-state index in [1.54, 1.807) is 6.07 Å². The van der Waals surface area contributed by atoms with Gasteiger partial charge in [-0.15, -0.1) is 11.3 Å². The number of aryl methyl sites for hydroxylation is 2. The Morgan fingerprint density at radius 1 is 1.23 bits per heavy atom. The van der Waals surface area contributed by atoms with Gasteiger partial charge in [0.2, 0.25) is 5.91 Å². The van der Waals surface area contributed by atoms with Gasteiger partial charge in [0.05, 0.1) is 10.4 Å². The van der Waals surface area contributed by atoms with Gasteiger partial charge in [-0.05, 0) is 38.8 Å². The summed E-state index contributed by atoms with van der Waals surface area (Å²) in [7, 11) is 0. The minimum absolute atomic E-state index is 0.0260. The molecule has 1 aliphatic heterocycles. The molecule has 1 aliphatic rings. The zero-order valence-corrected chi connectivity index (χ0v) is 16.2. The van der Waals surface area contributed by atoms with Crippen LogP contribution in [0.4, 0.5) is 14.7 Å². The first kappa shape index (κ1) is 17.4. The number of anilines is 2. The number of benzene rings is 1. The van der Waals surface area contributed by atoms with Gasteiger partial charge in [0.15, 0.2) is 10.3 Å². The Morgan fingerprint density at radius 2 is 2.00 bits per heavy atom. The minimum Gasteiger partial charge on any atom is -0.348 e. The number of piperidine rings is 1. The molecule has 1 fully saturated rings. The highest BCUT2D eigenvalue weighted by molar-refractivity contribution is 7.22. The fourth-order valence-corrected chi connectivity index (χ4v) is 4.95. The van der Waals surface area contributed by atoms with E-state index >= 15 is 0 Å². The van der Waals surface area contributed by atoms with Crippen LogP contribution in [-0.4, -0.2) is 29.0 Å². The Bertz CT molecular complexity index is 940. The Labute approximate surface area is 158 Å². The second-order valence-corrected chi connectivity index (χ2v) is 8.71. The predicted molar refractivity (Wildman–Crippen MR) is 105 cm³/mol. The van der Waals surface area contributed by atoms with Crippen LogP contribution in [0.15, 0.2) is 18.2 Å². The molecule has 3 heterocycles. The molecule has 136 valence electrons. The second kappa shape index (κ2) is 6.92. The molecule has 1 saturated heterocycles. The van der Waals surface area contributed by atoms with Crippen LogP contribution in [-0.2, 0) is 4.79 Å². The summed E-state index contributed by atoms with van der Waals surface area (Å²) < 4.78 is 14.7. The number of halogens is 1. The summed E-state index contributed by atoms with van der Waals surface area (Å²) >= 11 is 3.01. The van der Waals surface area contributed by atoms with Crippen molar-refractivity contribution in [2.45, 2.75) is 26.7 Å². The number of rotatable bonds is 3. The summed E-state index contributed by atoms with van der Waals surface area (Å²) in [6, 6.07) is 5.03. The monoisotopic (exact) mass is 390 g/mol. The number of nitrogens with one attached hydrogen (secondary N) is 1. The van der Waals surface area contributed by atoms with Crippen LogP contribution in [0, 0.1) is 25.6 Å². The second-order valence-electron chi connectivity index (χ2n) is 6.49. The van der Waals surface area contributed by atoms with E-state index in [1.165, 1.54) is 28.7 Å². The number of hydrogen-bond donors (Lipinski definition) is 1. The summed E-state index contributed by atoms with van der Waals surface area (Å²) in [5.74, 6) is -0.274. The van der Waals surface area contributed by atoms with Gasteiger partial charge in [0.25, 0.3) is 0 Å². The molecule has 3 aromatic rings. The highest BCUT2D eigenvalue weighted by atomic mass is 32.1. The van der Waals surface area contributed by atoms with Crippen LogP contribution in [0.2, 0.25) is 0 Å². The summed E-state index contributed by atoms with van der Waals surface area (Å²) in [5, 5.41) is 4.45. The number of fused-ring (bicyclic) bond motifs is 1. The van der Waals surface area contributed by atoms with Gasteiger partial charge in [-0.3, -0.25) is 4.79 Å². The van der Waals surface area contributed by atoms with Crippen LogP contribution < -0.4 is 10.2 Å². The van der Waals surface area contributed by atoms with Crippen molar-refractivity contribution >= 4 is 49.1 Å². The van der Waals surface area contributed by atoms with Crippen molar-refractivity contribution in [2.75, 3.05) is 23.3 Å². The molecule has 1 amide bonds. The van der Waals surface area contributed by atoms with E-state index in [1.807, 2.05) is 19.9 Å². The lowest BCUT2D eigenvalue weighted by atomic mass is 9.96. The van der Waals surface area contributed by atoms with E-state index < -0.39 is 0 Å². The molecular formula is C18H19FN4OS2. The number of amides is 1. The van der Waals surface area contributed by atoms with Crippen LogP contribution >= 0.6 is 22.7 Å². The van der Waals surface area contributed by atoms with E-state index in [4.69, 9.17) is 0 Å². The van der Waals surface area contributed by atoms with E-state index in [0.29, 0.717) is 10.6 Å². The fourth-order valence-electron chi connectivity index (χ4n) is 3.11. The van der Waals surface area contributed by atoms with Gasteiger partial charge in [0.1, 0.15) is 11.3 Å². The van der Waals surface area contributed by atoms with Crippen molar-refractivity contribution in [1.82, 2.24) is 9.97 Å². The molecule has 0 spiro atoms. The first-order valence-corrected chi connectivity index (χ1v) is 10.2. The van der Waals surface area contributed by atoms with Crippen molar-refractivity contribution in [3.8, 4) is 0 Å². The van der Waals surface area contributed by atoms with Crippen LogP contribution in [0.1, 0.15) is 23.4 Å². The van der Waals surface area contributed by atoms with Crippen molar-refractivity contribution in [2.24, 2.45) is 5.92 Å². The number of hydrogen-bond acceptors (Lipinski definition) is 6. The van der Waals surface area contributed by atoms with Gasteiger partial charge in [-0.1, -0.05) is 17.4 Å². The molecular weight excluding hydrogens is 371 g/mol. The highest BCUT2D eigenvalue weighted by Gasteiger charge is 2.27. The van der Waals surface area contributed by atoms with Gasteiger partial charge in [-0.25, -0.2) is 14.4 Å². The van der Waals surface area contributed by atoms with Gasteiger partial charge in [-0.2, -0.15) is 0 Å². The number of carbonyl (C=O) groups excluding carboxylic acids is 1. The van der Waals surface area contributed by atoms with Crippen LogP contribution in [0.25, 0.3) is 10.2 Å². The molecule has 1 aromatic carbocycles. The quantitative estimate of drug-likeness (QED) is 0.722. The Morgan fingerprint density at radius 3 is 2.65 bits per heavy atom. The largest absolute Gasteiger partial charge is 0.348 e. The zero-order chi connectivity index (χ0) is 18.3. The molecule has 0 aliphatic carbocycles. The highest BCUT2D eigenvalue weighted by Crippen LogP contribution is 2.33. The first-order chi connectivity index (χ1) is 12.5. The van der Waals surface area contributed by atoms with E-state index in [2.05, 4.69) is 20.2 Å². The molecule has 0 saturated carbocycles. The third-order valence-electron chi connectivity index (χ3n) is 4.75. The number of nitrogens with zero attached hydrogens (tertiary/aromatic N) is 3. The van der Waals surface area contributed by atoms with E-state index in [9.17, 15) is 9.18 Å². The molecule has 1 N–H and O–H groups in total. The summed E-state index contributed by atoms with van der Waals surface area (Å²) in [5.41, 5.74) is 1.39. The lowest BCUT2D eigenvalue weighted by Crippen LogP contribution is -2.38. The predicted octanol–water partition coefficient (Wildman–Crippen LogP) is 4.36. The molecule has 2 aromatic heterocycles. The third kappa shape index (κ3) is 3.31. The lowest BCUT2D eigenvalue weighted by molar-refractivity contribution is -0.120.